The van der Waals surface area contributed by atoms with Crippen molar-refractivity contribution in [3.8, 4) is 5.75 Å². The fourth-order valence-electron chi connectivity index (χ4n) is 1.54. The Balaban J connectivity index is 2.82. The van der Waals surface area contributed by atoms with E-state index in [9.17, 15) is 5.11 Å². The number of aliphatic hydroxyl groups is 1. The number of ether oxygens (including phenoxy) is 1. The van der Waals surface area contributed by atoms with Gasteiger partial charge in [-0.1, -0.05) is 12.1 Å². The van der Waals surface area contributed by atoms with Crippen LogP contribution in [-0.4, -0.2) is 18.3 Å². The maximum absolute atomic E-state index is 9.23. The zero-order chi connectivity index (χ0) is 10.6. The molecule has 0 heterocycles. The Morgan fingerprint density at radius 1 is 1.43 bits per heavy atom. The Kier molecular flexibility index (Phi) is 3.96. The number of aliphatic hydroxyl groups excluding tert-OH is 1. The molecule has 1 N–H and O–H groups in total. The molecule has 0 aromatic heterocycles. The molecule has 0 aliphatic heterocycles. The van der Waals surface area contributed by atoms with E-state index in [1.807, 2.05) is 19.1 Å². The van der Waals surface area contributed by atoms with E-state index in [2.05, 4.69) is 13.0 Å². The minimum absolute atomic E-state index is 0.251. The summed E-state index contributed by atoms with van der Waals surface area (Å²) in [5, 5.41) is 9.23. The normalized spacial score (nSPS) is 12.6. The second kappa shape index (κ2) is 5.01. The SMILES string of the molecule is COc1cccc(C)c1CC[C@@H](C)O. The molecular weight excluding hydrogens is 176 g/mol. The minimum Gasteiger partial charge on any atom is -0.496 e. The molecule has 0 saturated carbocycles. The zero-order valence-corrected chi connectivity index (χ0v) is 9.08. The average molecular weight is 194 g/mol. The largest absolute Gasteiger partial charge is 0.496 e. The van der Waals surface area contributed by atoms with Gasteiger partial charge in [0.15, 0.2) is 0 Å². The Morgan fingerprint density at radius 2 is 2.14 bits per heavy atom. The molecule has 0 spiro atoms. The topological polar surface area (TPSA) is 29.5 Å². The molecule has 1 atom stereocenters. The van der Waals surface area contributed by atoms with Crippen LogP contribution in [0.5, 0.6) is 5.75 Å². The Hall–Kier alpha value is -1.02. The van der Waals surface area contributed by atoms with Crippen LogP contribution < -0.4 is 4.74 Å². The molecule has 1 aromatic carbocycles. The summed E-state index contributed by atoms with van der Waals surface area (Å²) >= 11 is 0. The van der Waals surface area contributed by atoms with Crippen LogP contribution in [0.15, 0.2) is 18.2 Å². The monoisotopic (exact) mass is 194 g/mol. The standard InChI is InChI=1S/C12H18O2/c1-9-5-4-6-12(14-3)11(9)8-7-10(2)13/h4-6,10,13H,7-8H2,1-3H3/t10-/m1/s1. The van der Waals surface area contributed by atoms with E-state index in [1.54, 1.807) is 7.11 Å². The maximum Gasteiger partial charge on any atom is 0.122 e. The van der Waals surface area contributed by atoms with E-state index in [4.69, 9.17) is 4.74 Å². The number of hydrogen-bond acceptors (Lipinski definition) is 2. The molecule has 14 heavy (non-hydrogen) atoms. The lowest BCUT2D eigenvalue weighted by Crippen LogP contribution is -2.03. The summed E-state index contributed by atoms with van der Waals surface area (Å²) in [5.41, 5.74) is 2.43. The van der Waals surface area contributed by atoms with Gasteiger partial charge in [-0.25, -0.2) is 0 Å². The molecule has 2 nitrogen and oxygen atoms in total. The van der Waals surface area contributed by atoms with Gasteiger partial charge in [0.05, 0.1) is 13.2 Å². The van der Waals surface area contributed by atoms with Gasteiger partial charge in [0.1, 0.15) is 5.75 Å². The lowest BCUT2D eigenvalue weighted by Gasteiger charge is -2.12. The van der Waals surface area contributed by atoms with Gasteiger partial charge in [0, 0.05) is 0 Å². The zero-order valence-electron chi connectivity index (χ0n) is 9.08. The number of rotatable bonds is 4. The van der Waals surface area contributed by atoms with Gasteiger partial charge >= 0.3 is 0 Å². The first-order chi connectivity index (χ1) is 6.65. The van der Waals surface area contributed by atoms with Gasteiger partial charge in [-0.05, 0) is 43.9 Å². The molecule has 0 unspecified atom stereocenters. The van der Waals surface area contributed by atoms with Crippen LogP contribution in [0.25, 0.3) is 0 Å². The third-order valence-electron chi connectivity index (χ3n) is 2.40. The van der Waals surface area contributed by atoms with Crippen molar-refractivity contribution in [3.05, 3.63) is 29.3 Å². The molecule has 0 fully saturated rings. The van der Waals surface area contributed by atoms with Gasteiger partial charge in [-0.3, -0.25) is 0 Å². The molecule has 78 valence electrons. The summed E-state index contributed by atoms with van der Waals surface area (Å²) in [5.74, 6) is 0.922. The summed E-state index contributed by atoms with van der Waals surface area (Å²) in [6.45, 7) is 3.88. The number of benzene rings is 1. The molecule has 0 radical (unpaired) electrons. The fourth-order valence-corrected chi connectivity index (χ4v) is 1.54. The Labute approximate surface area is 85.5 Å². The van der Waals surface area contributed by atoms with Crippen LogP contribution in [-0.2, 0) is 6.42 Å². The van der Waals surface area contributed by atoms with Gasteiger partial charge in [-0.2, -0.15) is 0 Å². The van der Waals surface area contributed by atoms with E-state index < -0.39 is 0 Å². The van der Waals surface area contributed by atoms with E-state index in [0.29, 0.717) is 0 Å². The van der Waals surface area contributed by atoms with Crippen molar-refractivity contribution in [1.29, 1.82) is 0 Å². The van der Waals surface area contributed by atoms with Crippen LogP contribution in [0.4, 0.5) is 0 Å². The summed E-state index contributed by atoms with van der Waals surface area (Å²) in [7, 11) is 1.68. The lowest BCUT2D eigenvalue weighted by molar-refractivity contribution is 0.184. The van der Waals surface area contributed by atoms with Gasteiger partial charge in [-0.15, -0.1) is 0 Å². The van der Waals surface area contributed by atoms with E-state index in [-0.39, 0.29) is 6.10 Å². The molecule has 1 rings (SSSR count). The quantitative estimate of drug-likeness (QED) is 0.797. The van der Waals surface area contributed by atoms with Gasteiger partial charge < -0.3 is 9.84 Å². The minimum atomic E-state index is -0.251. The molecule has 1 aromatic rings. The van der Waals surface area contributed by atoms with Gasteiger partial charge in [0.2, 0.25) is 0 Å². The highest BCUT2D eigenvalue weighted by molar-refractivity contribution is 5.39. The molecule has 0 aliphatic rings. The van der Waals surface area contributed by atoms with E-state index >= 15 is 0 Å². The summed E-state index contributed by atoms with van der Waals surface area (Å²) in [6.07, 6.45) is 1.40. The van der Waals surface area contributed by atoms with Crippen LogP contribution in [0, 0.1) is 6.92 Å². The van der Waals surface area contributed by atoms with Crippen molar-refractivity contribution < 1.29 is 9.84 Å². The van der Waals surface area contributed by atoms with Crippen LogP contribution >= 0.6 is 0 Å². The van der Waals surface area contributed by atoms with Crippen LogP contribution in [0.3, 0.4) is 0 Å². The summed E-state index contributed by atoms with van der Waals surface area (Å²) in [4.78, 5) is 0. The number of hydrogen-bond donors (Lipinski definition) is 1. The molecule has 0 amide bonds. The van der Waals surface area contributed by atoms with Crippen molar-refractivity contribution >= 4 is 0 Å². The first kappa shape index (κ1) is 11.1. The second-order valence-corrected chi connectivity index (χ2v) is 3.64. The highest BCUT2D eigenvalue weighted by atomic mass is 16.5. The first-order valence-corrected chi connectivity index (χ1v) is 4.95. The number of aryl methyl sites for hydroxylation is 1. The van der Waals surface area contributed by atoms with E-state index in [1.165, 1.54) is 11.1 Å². The van der Waals surface area contributed by atoms with E-state index in [0.717, 1.165) is 18.6 Å². The van der Waals surface area contributed by atoms with Crippen molar-refractivity contribution in [2.75, 3.05) is 7.11 Å². The maximum atomic E-state index is 9.23. The number of methoxy groups -OCH3 is 1. The fraction of sp³-hybridized carbons (Fsp3) is 0.500. The molecule has 0 saturated heterocycles. The first-order valence-electron chi connectivity index (χ1n) is 4.95. The molecule has 0 bridgehead atoms. The highest BCUT2D eigenvalue weighted by Gasteiger charge is 2.06. The predicted molar refractivity (Wildman–Crippen MR) is 57.7 cm³/mol. The third kappa shape index (κ3) is 2.74. The third-order valence-corrected chi connectivity index (χ3v) is 2.40. The summed E-state index contributed by atoms with van der Waals surface area (Å²) < 4.78 is 5.28. The van der Waals surface area contributed by atoms with Crippen molar-refractivity contribution in [3.63, 3.8) is 0 Å². The lowest BCUT2D eigenvalue weighted by atomic mass is 10.0. The average Bonchev–Trinajstić information content (AvgIpc) is 2.15. The van der Waals surface area contributed by atoms with Crippen molar-refractivity contribution in [2.24, 2.45) is 0 Å². The predicted octanol–water partition coefficient (Wildman–Crippen LogP) is 2.32. The summed E-state index contributed by atoms with van der Waals surface area (Å²) in [6, 6.07) is 6.02. The van der Waals surface area contributed by atoms with Crippen molar-refractivity contribution in [2.45, 2.75) is 32.8 Å². The second-order valence-electron chi connectivity index (χ2n) is 3.64. The van der Waals surface area contributed by atoms with Crippen LogP contribution in [0.1, 0.15) is 24.5 Å². The van der Waals surface area contributed by atoms with Gasteiger partial charge in [0.25, 0.3) is 0 Å². The van der Waals surface area contributed by atoms with Crippen LogP contribution in [0.2, 0.25) is 0 Å². The molecular formula is C12H18O2. The highest BCUT2D eigenvalue weighted by Crippen LogP contribution is 2.23. The van der Waals surface area contributed by atoms with Crippen molar-refractivity contribution in [1.82, 2.24) is 0 Å². The molecule has 0 aliphatic carbocycles. The Bertz CT molecular complexity index is 292. The smallest absolute Gasteiger partial charge is 0.122 e. The Morgan fingerprint density at radius 3 is 2.71 bits per heavy atom. The molecule has 2 heteroatoms.